The Bertz CT molecular complexity index is 610. The molecule has 110 valence electrons. The standard InChI is InChI=1S/C17H19FN2O/c1-12(9-13-5-7-15(18)8-6-13)20-17(21)11-14-3-2-4-16(19)10-14/h2-8,10,12H,9,11,19H2,1H3,(H,20,21). The Morgan fingerprint density at radius 2 is 1.90 bits per heavy atom. The lowest BCUT2D eigenvalue weighted by Gasteiger charge is -2.14. The van der Waals surface area contributed by atoms with E-state index >= 15 is 0 Å². The lowest BCUT2D eigenvalue weighted by molar-refractivity contribution is -0.121. The molecule has 3 nitrogen and oxygen atoms in total. The van der Waals surface area contributed by atoms with Crippen LogP contribution in [-0.2, 0) is 17.6 Å². The van der Waals surface area contributed by atoms with Crippen molar-refractivity contribution in [1.29, 1.82) is 0 Å². The highest BCUT2D eigenvalue weighted by molar-refractivity contribution is 5.79. The van der Waals surface area contributed by atoms with Gasteiger partial charge < -0.3 is 11.1 Å². The molecule has 0 aliphatic heterocycles. The topological polar surface area (TPSA) is 55.1 Å². The highest BCUT2D eigenvalue weighted by Crippen LogP contribution is 2.08. The molecule has 2 rings (SSSR count). The minimum absolute atomic E-state index is 0.0102. The molecule has 0 fully saturated rings. The molecular weight excluding hydrogens is 267 g/mol. The maximum Gasteiger partial charge on any atom is 0.224 e. The van der Waals surface area contributed by atoms with E-state index in [4.69, 9.17) is 5.73 Å². The van der Waals surface area contributed by atoms with E-state index < -0.39 is 0 Å². The number of nitrogens with one attached hydrogen (secondary N) is 1. The van der Waals surface area contributed by atoms with Gasteiger partial charge in [-0.1, -0.05) is 24.3 Å². The first-order valence-corrected chi connectivity index (χ1v) is 6.91. The number of nitrogens with two attached hydrogens (primary N) is 1. The van der Waals surface area contributed by atoms with Crippen LogP contribution < -0.4 is 11.1 Å². The summed E-state index contributed by atoms with van der Waals surface area (Å²) in [5, 5.41) is 2.94. The van der Waals surface area contributed by atoms with Crippen molar-refractivity contribution in [2.75, 3.05) is 5.73 Å². The highest BCUT2D eigenvalue weighted by Gasteiger charge is 2.09. The van der Waals surface area contributed by atoms with E-state index in [0.29, 0.717) is 18.5 Å². The third-order valence-electron chi connectivity index (χ3n) is 3.18. The van der Waals surface area contributed by atoms with E-state index in [-0.39, 0.29) is 17.8 Å². The third kappa shape index (κ3) is 4.91. The molecule has 1 atom stereocenters. The van der Waals surface area contributed by atoms with Crippen molar-refractivity contribution in [2.45, 2.75) is 25.8 Å². The Morgan fingerprint density at radius 3 is 2.57 bits per heavy atom. The first kappa shape index (κ1) is 15.0. The Labute approximate surface area is 124 Å². The summed E-state index contributed by atoms with van der Waals surface area (Å²) in [4.78, 5) is 12.0. The summed E-state index contributed by atoms with van der Waals surface area (Å²) < 4.78 is 12.8. The molecule has 0 bridgehead atoms. The van der Waals surface area contributed by atoms with Gasteiger partial charge in [-0.2, -0.15) is 0 Å². The van der Waals surface area contributed by atoms with Crippen LogP contribution in [0.2, 0.25) is 0 Å². The molecule has 0 spiro atoms. The molecule has 0 radical (unpaired) electrons. The van der Waals surface area contributed by atoms with E-state index in [2.05, 4.69) is 5.32 Å². The molecule has 21 heavy (non-hydrogen) atoms. The summed E-state index contributed by atoms with van der Waals surface area (Å²) in [6.07, 6.45) is 0.974. The molecule has 2 aromatic carbocycles. The van der Waals surface area contributed by atoms with Crippen LogP contribution in [0.4, 0.5) is 10.1 Å². The Hall–Kier alpha value is -2.36. The molecule has 3 N–H and O–H groups in total. The number of benzene rings is 2. The van der Waals surface area contributed by atoms with Gasteiger partial charge in [-0.25, -0.2) is 4.39 Å². The lowest BCUT2D eigenvalue weighted by atomic mass is 10.1. The molecular formula is C17H19FN2O. The second-order valence-electron chi connectivity index (χ2n) is 5.22. The number of nitrogen functional groups attached to an aromatic ring is 1. The zero-order valence-corrected chi connectivity index (χ0v) is 12.0. The molecule has 0 aliphatic rings. The van der Waals surface area contributed by atoms with Crippen molar-refractivity contribution in [1.82, 2.24) is 5.32 Å². The Balaban J connectivity index is 1.86. The van der Waals surface area contributed by atoms with Crippen LogP contribution in [0.15, 0.2) is 48.5 Å². The molecule has 1 unspecified atom stereocenters. The average Bonchev–Trinajstić information content (AvgIpc) is 2.41. The summed E-state index contributed by atoms with van der Waals surface area (Å²) in [6.45, 7) is 1.93. The largest absolute Gasteiger partial charge is 0.399 e. The van der Waals surface area contributed by atoms with E-state index in [1.165, 1.54) is 12.1 Å². The molecule has 0 heterocycles. The molecule has 0 aliphatic carbocycles. The normalized spacial score (nSPS) is 11.9. The van der Waals surface area contributed by atoms with Crippen LogP contribution in [0, 0.1) is 5.82 Å². The van der Waals surface area contributed by atoms with Gasteiger partial charge in [0.25, 0.3) is 0 Å². The van der Waals surface area contributed by atoms with Gasteiger partial charge in [0.15, 0.2) is 0 Å². The number of hydrogen-bond acceptors (Lipinski definition) is 2. The summed E-state index contributed by atoms with van der Waals surface area (Å²) in [5.41, 5.74) is 8.22. The highest BCUT2D eigenvalue weighted by atomic mass is 19.1. The van der Waals surface area contributed by atoms with Crippen molar-refractivity contribution in [2.24, 2.45) is 0 Å². The van der Waals surface area contributed by atoms with Crippen molar-refractivity contribution in [3.05, 3.63) is 65.5 Å². The minimum Gasteiger partial charge on any atom is -0.399 e. The molecule has 4 heteroatoms. The van der Waals surface area contributed by atoms with Crippen LogP contribution in [0.25, 0.3) is 0 Å². The predicted molar refractivity (Wildman–Crippen MR) is 82.3 cm³/mol. The Kier molecular flexibility index (Phi) is 4.93. The van der Waals surface area contributed by atoms with Crippen molar-refractivity contribution in [3.63, 3.8) is 0 Å². The molecule has 0 saturated heterocycles. The number of carbonyl (C=O) groups excluding carboxylic acids is 1. The molecule has 2 aromatic rings. The fourth-order valence-corrected chi connectivity index (χ4v) is 2.24. The van der Waals surface area contributed by atoms with Gasteiger partial charge in [-0.15, -0.1) is 0 Å². The third-order valence-corrected chi connectivity index (χ3v) is 3.18. The number of carbonyl (C=O) groups is 1. The number of halogens is 1. The summed E-state index contributed by atoms with van der Waals surface area (Å²) in [5.74, 6) is -0.299. The fraction of sp³-hybridized carbons (Fsp3) is 0.235. The molecule has 0 aromatic heterocycles. The van der Waals surface area contributed by atoms with E-state index in [1.54, 1.807) is 24.3 Å². The summed E-state index contributed by atoms with van der Waals surface area (Å²) in [7, 11) is 0. The van der Waals surface area contributed by atoms with E-state index in [0.717, 1.165) is 11.1 Å². The smallest absolute Gasteiger partial charge is 0.224 e. The van der Waals surface area contributed by atoms with Crippen LogP contribution in [-0.4, -0.2) is 11.9 Å². The summed E-state index contributed by atoms with van der Waals surface area (Å²) in [6, 6.07) is 13.6. The van der Waals surface area contributed by atoms with Crippen LogP contribution in [0.3, 0.4) is 0 Å². The van der Waals surface area contributed by atoms with Crippen molar-refractivity contribution >= 4 is 11.6 Å². The van der Waals surface area contributed by atoms with Gasteiger partial charge >= 0.3 is 0 Å². The predicted octanol–water partition coefficient (Wildman–Crippen LogP) is 2.70. The molecule has 0 saturated carbocycles. The Morgan fingerprint density at radius 1 is 1.19 bits per heavy atom. The summed E-state index contributed by atoms with van der Waals surface area (Å²) >= 11 is 0. The quantitative estimate of drug-likeness (QED) is 0.830. The monoisotopic (exact) mass is 286 g/mol. The SMILES string of the molecule is CC(Cc1ccc(F)cc1)NC(=O)Cc1cccc(N)c1. The van der Waals surface area contributed by atoms with Crippen LogP contribution in [0.5, 0.6) is 0 Å². The van der Waals surface area contributed by atoms with E-state index in [9.17, 15) is 9.18 Å². The van der Waals surface area contributed by atoms with Gasteiger partial charge in [0.05, 0.1) is 6.42 Å². The number of rotatable bonds is 5. The van der Waals surface area contributed by atoms with Gasteiger partial charge in [-0.05, 0) is 48.7 Å². The van der Waals surface area contributed by atoms with Gasteiger partial charge in [0.2, 0.25) is 5.91 Å². The minimum atomic E-state index is -0.253. The number of anilines is 1. The average molecular weight is 286 g/mol. The molecule has 1 amide bonds. The van der Waals surface area contributed by atoms with Gasteiger partial charge in [0.1, 0.15) is 5.82 Å². The van der Waals surface area contributed by atoms with Gasteiger partial charge in [0, 0.05) is 11.7 Å². The van der Waals surface area contributed by atoms with Gasteiger partial charge in [-0.3, -0.25) is 4.79 Å². The fourth-order valence-electron chi connectivity index (χ4n) is 2.24. The lowest BCUT2D eigenvalue weighted by Crippen LogP contribution is -2.35. The number of hydrogen-bond donors (Lipinski definition) is 2. The first-order valence-electron chi connectivity index (χ1n) is 6.91. The second kappa shape index (κ2) is 6.88. The van der Waals surface area contributed by atoms with Crippen LogP contribution in [0.1, 0.15) is 18.1 Å². The van der Waals surface area contributed by atoms with Crippen LogP contribution >= 0.6 is 0 Å². The maximum atomic E-state index is 12.8. The van der Waals surface area contributed by atoms with Crippen molar-refractivity contribution in [3.8, 4) is 0 Å². The zero-order chi connectivity index (χ0) is 15.2. The van der Waals surface area contributed by atoms with E-state index in [1.807, 2.05) is 19.1 Å². The first-order chi connectivity index (χ1) is 10.0. The second-order valence-corrected chi connectivity index (χ2v) is 5.22. The maximum absolute atomic E-state index is 12.8. The van der Waals surface area contributed by atoms with Crippen molar-refractivity contribution < 1.29 is 9.18 Å². The number of amides is 1. The zero-order valence-electron chi connectivity index (χ0n) is 12.0.